The van der Waals surface area contributed by atoms with E-state index in [9.17, 15) is 4.79 Å². The van der Waals surface area contributed by atoms with Gasteiger partial charge in [-0.2, -0.15) is 0 Å². The number of anilines is 1. The number of carbonyl (C=O) groups excluding carboxylic acids is 1. The molecule has 1 aromatic carbocycles. The summed E-state index contributed by atoms with van der Waals surface area (Å²) in [5.41, 5.74) is 1.71. The number of aliphatic hydroxyl groups is 1. The van der Waals surface area contributed by atoms with E-state index in [2.05, 4.69) is 15.7 Å². The summed E-state index contributed by atoms with van der Waals surface area (Å²) in [5.74, 6) is 0.574. The minimum absolute atomic E-state index is 0.0711. The smallest absolute Gasteiger partial charge is 0.320 e. The summed E-state index contributed by atoms with van der Waals surface area (Å²) in [5, 5.41) is 19.7. The molecule has 0 bridgehead atoms. The maximum atomic E-state index is 12.1. The van der Waals surface area contributed by atoms with Crippen molar-refractivity contribution in [1.82, 2.24) is 15.1 Å². The topological polar surface area (TPSA) is 79.2 Å². The van der Waals surface area contributed by atoms with Crippen molar-refractivity contribution < 1.29 is 9.90 Å². The summed E-state index contributed by atoms with van der Waals surface area (Å²) in [6.07, 6.45) is 4.53. The highest BCUT2D eigenvalue weighted by molar-refractivity contribution is 6.30. The number of amides is 2. The molecule has 2 atom stereocenters. The van der Waals surface area contributed by atoms with Crippen molar-refractivity contribution >= 4 is 23.4 Å². The number of carbonyl (C=O) groups is 1. The van der Waals surface area contributed by atoms with E-state index in [1.165, 1.54) is 0 Å². The second-order valence-electron chi connectivity index (χ2n) is 5.83. The largest absolute Gasteiger partial charge is 0.396 e. The molecule has 0 saturated carbocycles. The lowest BCUT2D eigenvalue weighted by atomic mass is 10.1. The molecule has 0 spiro atoms. The number of aromatic nitrogens is 2. The van der Waals surface area contributed by atoms with Gasteiger partial charge in [0, 0.05) is 35.3 Å². The minimum Gasteiger partial charge on any atom is -0.396 e. The normalized spacial score (nSPS) is 19.5. The molecule has 24 heavy (non-hydrogen) atoms. The van der Waals surface area contributed by atoms with Gasteiger partial charge >= 0.3 is 6.03 Å². The number of nitrogens with zero attached hydrogens (tertiary/aromatic N) is 2. The number of halogens is 1. The molecule has 0 unspecified atom stereocenters. The highest BCUT2D eigenvalue weighted by atomic mass is 35.5. The van der Waals surface area contributed by atoms with Crippen molar-refractivity contribution in [3.8, 4) is 5.69 Å². The van der Waals surface area contributed by atoms with Crippen molar-refractivity contribution in [2.24, 2.45) is 5.92 Å². The molecule has 0 saturated heterocycles. The van der Waals surface area contributed by atoms with Gasteiger partial charge in [0.2, 0.25) is 0 Å². The van der Waals surface area contributed by atoms with Crippen LogP contribution in [0.5, 0.6) is 0 Å². The molecule has 3 rings (SSSR count). The summed E-state index contributed by atoms with van der Waals surface area (Å²) >= 11 is 6.01. The first-order valence-corrected chi connectivity index (χ1v) is 8.12. The van der Waals surface area contributed by atoms with Gasteiger partial charge in [-0.1, -0.05) is 29.8 Å². The fourth-order valence-electron chi connectivity index (χ4n) is 2.74. The average Bonchev–Trinajstić information content (AvgIpc) is 3.13. The highest BCUT2D eigenvalue weighted by Gasteiger charge is 2.20. The van der Waals surface area contributed by atoms with E-state index in [0.717, 1.165) is 11.4 Å². The second kappa shape index (κ2) is 7.07. The number of rotatable bonds is 4. The van der Waals surface area contributed by atoms with Crippen LogP contribution >= 0.6 is 11.6 Å². The quantitative estimate of drug-likeness (QED) is 0.745. The first-order chi connectivity index (χ1) is 11.5. The van der Waals surface area contributed by atoms with Crippen LogP contribution < -0.4 is 10.6 Å². The lowest BCUT2D eigenvalue weighted by molar-refractivity contribution is 0.238. The standard InChI is InChI=1S/C17H19ClN4O2/c1-11-7-16(21-22(11)15-4-2-3-13(18)9-15)20-17(24)19-14-6-5-12(8-14)10-23/h2-7,9,12,14,23H,8,10H2,1H3,(H2,19,20,21,24)/t12-,14+/m0/s1. The average molecular weight is 347 g/mol. The molecular formula is C17H19ClN4O2. The van der Waals surface area contributed by atoms with Crippen molar-refractivity contribution in [1.29, 1.82) is 0 Å². The molecule has 3 N–H and O–H groups in total. The molecular weight excluding hydrogens is 328 g/mol. The molecule has 1 aromatic heterocycles. The molecule has 0 radical (unpaired) electrons. The Hall–Kier alpha value is -2.31. The van der Waals surface area contributed by atoms with Gasteiger partial charge in [0.25, 0.3) is 0 Å². The minimum atomic E-state index is -0.320. The molecule has 1 aliphatic carbocycles. The third kappa shape index (κ3) is 3.77. The molecule has 0 aliphatic heterocycles. The summed E-state index contributed by atoms with van der Waals surface area (Å²) in [4.78, 5) is 12.1. The van der Waals surface area contributed by atoms with Crippen LogP contribution in [0, 0.1) is 12.8 Å². The Labute approximate surface area is 145 Å². The SMILES string of the molecule is Cc1cc(NC(=O)N[C@@H]2C=C[C@H](CO)C2)nn1-c1cccc(Cl)c1. The number of benzene rings is 1. The Morgan fingerprint density at radius 3 is 2.96 bits per heavy atom. The summed E-state index contributed by atoms with van der Waals surface area (Å²) in [6.45, 7) is 2.00. The predicted molar refractivity (Wildman–Crippen MR) is 93.6 cm³/mol. The first kappa shape index (κ1) is 16.5. The van der Waals surface area contributed by atoms with Gasteiger partial charge in [-0.25, -0.2) is 9.48 Å². The van der Waals surface area contributed by atoms with E-state index in [4.69, 9.17) is 16.7 Å². The number of aliphatic hydroxyl groups excluding tert-OH is 1. The zero-order valence-corrected chi connectivity index (χ0v) is 14.0. The molecule has 7 heteroatoms. The Morgan fingerprint density at radius 1 is 1.42 bits per heavy atom. The maximum Gasteiger partial charge on any atom is 0.320 e. The molecule has 1 heterocycles. The lowest BCUT2D eigenvalue weighted by Crippen LogP contribution is -2.36. The summed E-state index contributed by atoms with van der Waals surface area (Å²) in [7, 11) is 0. The molecule has 1 aliphatic rings. The number of nitrogens with one attached hydrogen (secondary N) is 2. The second-order valence-corrected chi connectivity index (χ2v) is 6.27. The zero-order chi connectivity index (χ0) is 17.1. The molecule has 6 nitrogen and oxygen atoms in total. The van der Waals surface area contributed by atoms with E-state index in [0.29, 0.717) is 17.3 Å². The third-order valence-corrected chi connectivity index (χ3v) is 4.14. The molecule has 0 fully saturated rings. The molecule has 2 aromatic rings. The summed E-state index contributed by atoms with van der Waals surface area (Å²) in [6, 6.07) is 8.75. The lowest BCUT2D eigenvalue weighted by Gasteiger charge is -2.12. The van der Waals surface area contributed by atoms with Crippen LogP contribution in [0.4, 0.5) is 10.6 Å². The molecule has 126 valence electrons. The van der Waals surface area contributed by atoms with E-state index in [1.807, 2.05) is 37.3 Å². The van der Waals surface area contributed by atoms with Crippen molar-refractivity contribution in [2.75, 3.05) is 11.9 Å². The van der Waals surface area contributed by atoms with Crippen LogP contribution in [-0.4, -0.2) is 33.6 Å². The van der Waals surface area contributed by atoms with Crippen molar-refractivity contribution in [3.63, 3.8) is 0 Å². The van der Waals surface area contributed by atoms with Crippen LogP contribution in [0.15, 0.2) is 42.5 Å². The fourth-order valence-corrected chi connectivity index (χ4v) is 2.93. The van der Waals surface area contributed by atoms with Gasteiger partial charge < -0.3 is 10.4 Å². The van der Waals surface area contributed by atoms with E-state index < -0.39 is 0 Å². The monoisotopic (exact) mass is 346 g/mol. The number of aryl methyl sites for hydroxylation is 1. The number of hydrogen-bond donors (Lipinski definition) is 3. The fraction of sp³-hybridized carbons (Fsp3) is 0.294. The Kier molecular flexibility index (Phi) is 4.87. The summed E-state index contributed by atoms with van der Waals surface area (Å²) < 4.78 is 1.72. The first-order valence-electron chi connectivity index (χ1n) is 7.74. The van der Waals surface area contributed by atoms with Gasteiger partial charge in [0.1, 0.15) is 0 Å². The van der Waals surface area contributed by atoms with Crippen LogP contribution in [0.25, 0.3) is 5.69 Å². The van der Waals surface area contributed by atoms with Gasteiger partial charge in [0.05, 0.1) is 5.69 Å². The number of hydrogen-bond acceptors (Lipinski definition) is 3. The van der Waals surface area contributed by atoms with E-state index >= 15 is 0 Å². The third-order valence-electron chi connectivity index (χ3n) is 3.91. The Balaban J connectivity index is 1.65. The predicted octanol–water partition coefficient (Wildman–Crippen LogP) is 2.89. The number of urea groups is 1. The maximum absolute atomic E-state index is 12.1. The van der Waals surface area contributed by atoms with Gasteiger partial charge in [-0.3, -0.25) is 5.32 Å². The van der Waals surface area contributed by atoms with E-state index in [-0.39, 0.29) is 24.6 Å². The van der Waals surface area contributed by atoms with Gasteiger partial charge in [-0.15, -0.1) is 5.10 Å². The molecule has 2 amide bonds. The van der Waals surface area contributed by atoms with Crippen LogP contribution in [0.3, 0.4) is 0 Å². The zero-order valence-electron chi connectivity index (χ0n) is 13.2. The Morgan fingerprint density at radius 2 is 2.25 bits per heavy atom. The van der Waals surface area contributed by atoms with Gasteiger partial charge in [0.15, 0.2) is 5.82 Å². The highest BCUT2D eigenvalue weighted by Crippen LogP contribution is 2.19. The van der Waals surface area contributed by atoms with Gasteiger partial charge in [-0.05, 0) is 31.5 Å². The van der Waals surface area contributed by atoms with Crippen molar-refractivity contribution in [2.45, 2.75) is 19.4 Å². The Bertz CT molecular complexity index is 772. The van der Waals surface area contributed by atoms with E-state index in [1.54, 1.807) is 16.8 Å². The van der Waals surface area contributed by atoms with Crippen LogP contribution in [-0.2, 0) is 0 Å². The van der Waals surface area contributed by atoms with Crippen molar-refractivity contribution in [3.05, 3.63) is 53.2 Å². The van der Waals surface area contributed by atoms with Crippen LogP contribution in [0.2, 0.25) is 5.02 Å². The van der Waals surface area contributed by atoms with Crippen LogP contribution in [0.1, 0.15) is 12.1 Å².